The lowest BCUT2D eigenvalue weighted by Gasteiger charge is -2.22. The zero-order valence-corrected chi connectivity index (χ0v) is 21.1. The Hall–Kier alpha value is -3.33. The highest BCUT2D eigenvalue weighted by Gasteiger charge is 2.31. The van der Waals surface area contributed by atoms with E-state index in [9.17, 15) is 23.1 Å². The minimum Gasteiger partial charge on any atom is -0.477 e. The van der Waals surface area contributed by atoms with E-state index in [1.165, 1.54) is 16.7 Å². The zero-order chi connectivity index (χ0) is 26.5. The van der Waals surface area contributed by atoms with Gasteiger partial charge in [-0.25, -0.2) is 9.78 Å². The molecule has 9 heteroatoms. The van der Waals surface area contributed by atoms with Gasteiger partial charge in [-0.15, -0.1) is 0 Å². The van der Waals surface area contributed by atoms with Crippen molar-refractivity contribution in [3.8, 4) is 0 Å². The fourth-order valence-corrected chi connectivity index (χ4v) is 4.56. The lowest BCUT2D eigenvalue weighted by molar-refractivity contribution is -0.133. The summed E-state index contributed by atoms with van der Waals surface area (Å²) in [4.78, 5) is 18.3. The third-order valence-corrected chi connectivity index (χ3v) is 6.01. The molecule has 194 valence electrons. The molecular formula is C27H33F3N4O2. The fraction of sp³-hybridized carbons (Fsp3) is 0.407. The number of hydrogen-bond donors (Lipinski definition) is 2. The first-order valence-corrected chi connectivity index (χ1v) is 12.0. The van der Waals surface area contributed by atoms with Crippen molar-refractivity contribution in [2.45, 2.75) is 59.8 Å². The second-order valence-electron chi connectivity index (χ2n) is 8.94. The number of carbonyl (C=O) groups is 1. The molecule has 3 aromatic rings. The number of halogens is 3. The summed E-state index contributed by atoms with van der Waals surface area (Å²) in [6.07, 6.45) is -4.22. The Morgan fingerprint density at radius 3 is 2.28 bits per heavy atom. The predicted molar refractivity (Wildman–Crippen MR) is 135 cm³/mol. The number of rotatable bonds is 7. The van der Waals surface area contributed by atoms with E-state index in [1.807, 2.05) is 41.8 Å². The maximum atomic E-state index is 11.7. The van der Waals surface area contributed by atoms with Crippen LogP contribution in [0.5, 0.6) is 0 Å². The summed E-state index contributed by atoms with van der Waals surface area (Å²) in [6, 6.07) is 13.7. The first-order chi connectivity index (χ1) is 17.0. The number of aromatic nitrogens is 2. The lowest BCUT2D eigenvalue weighted by Crippen LogP contribution is -2.21. The molecule has 0 unspecified atom stereocenters. The molecular weight excluding hydrogens is 469 g/mol. The molecule has 2 aromatic carbocycles. The van der Waals surface area contributed by atoms with Gasteiger partial charge in [-0.05, 0) is 43.9 Å². The van der Waals surface area contributed by atoms with Crippen LogP contribution in [-0.2, 0) is 19.5 Å². The van der Waals surface area contributed by atoms with Crippen molar-refractivity contribution in [1.29, 1.82) is 0 Å². The monoisotopic (exact) mass is 502 g/mol. The molecule has 0 bridgehead atoms. The van der Waals surface area contributed by atoms with E-state index in [1.54, 1.807) is 0 Å². The number of benzene rings is 2. The van der Waals surface area contributed by atoms with Gasteiger partial charge in [0.05, 0.1) is 12.1 Å². The number of hydrogen-bond acceptors (Lipinski definition) is 4. The summed E-state index contributed by atoms with van der Waals surface area (Å²) in [5.74, 6) is -0.140. The summed E-state index contributed by atoms with van der Waals surface area (Å²) in [6.45, 7) is 10.1. The SMILES string of the molecule is CCc1nc2n(c1C(=O)O)CCN2c1c(C)cc(C)cc1C.FC(F)(F)CCNCc1ccccc1. The van der Waals surface area contributed by atoms with Gasteiger partial charge in [0.2, 0.25) is 5.95 Å². The van der Waals surface area contributed by atoms with E-state index in [4.69, 9.17) is 0 Å². The van der Waals surface area contributed by atoms with Crippen LogP contribution < -0.4 is 10.2 Å². The van der Waals surface area contributed by atoms with Crippen molar-refractivity contribution in [3.05, 3.63) is 76.1 Å². The zero-order valence-electron chi connectivity index (χ0n) is 21.1. The number of nitrogens with zero attached hydrogens (tertiary/aromatic N) is 3. The quantitative estimate of drug-likeness (QED) is 0.391. The molecule has 0 radical (unpaired) electrons. The Morgan fingerprint density at radius 1 is 1.08 bits per heavy atom. The van der Waals surface area contributed by atoms with Crippen molar-refractivity contribution in [2.75, 3.05) is 18.0 Å². The van der Waals surface area contributed by atoms with Gasteiger partial charge in [0.1, 0.15) is 0 Å². The second-order valence-corrected chi connectivity index (χ2v) is 8.94. The third kappa shape index (κ3) is 6.66. The lowest BCUT2D eigenvalue weighted by atomic mass is 10.0. The molecule has 1 aliphatic heterocycles. The number of aryl methyl sites for hydroxylation is 4. The first-order valence-electron chi connectivity index (χ1n) is 12.0. The van der Waals surface area contributed by atoms with Gasteiger partial charge in [-0.3, -0.25) is 0 Å². The van der Waals surface area contributed by atoms with Crippen LogP contribution in [0.4, 0.5) is 24.8 Å². The van der Waals surface area contributed by atoms with Gasteiger partial charge in [0.15, 0.2) is 5.69 Å². The Balaban J connectivity index is 0.000000223. The van der Waals surface area contributed by atoms with Crippen LogP contribution in [0, 0.1) is 20.8 Å². The predicted octanol–water partition coefficient (Wildman–Crippen LogP) is 5.95. The molecule has 0 atom stereocenters. The van der Waals surface area contributed by atoms with E-state index in [0.717, 1.165) is 23.7 Å². The molecule has 0 amide bonds. The van der Waals surface area contributed by atoms with Crippen molar-refractivity contribution >= 4 is 17.6 Å². The minimum absolute atomic E-state index is 0.0294. The molecule has 6 nitrogen and oxygen atoms in total. The van der Waals surface area contributed by atoms with Crippen LogP contribution in [0.2, 0.25) is 0 Å². The number of alkyl halides is 3. The van der Waals surface area contributed by atoms with Crippen LogP contribution >= 0.6 is 0 Å². The number of fused-ring (bicyclic) bond motifs is 1. The average molecular weight is 503 g/mol. The van der Waals surface area contributed by atoms with E-state index in [0.29, 0.717) is 30.9 Å². The second kappa shape index (κ2) is 11.6. The van der Waals surface area contributed by atoms with E-state index in [2.05, 4.69) is 48.1 Å². The molecule has 36 heavy (non-hydrogen) atoms. The van der Waals surface area contributed by atoms with Gasteiger partial charge in [0, 0.05) is 31.9 Å². The van der Waals surface area contributed by atoms with Gasteiger partial charge in [0.25, 0.3) is 0 Å². The number of carboxylic acids is 1. The first kappa shape index (κ1) is 27.3. The highest BCUT2D eigenvalue weighted by Crippen LogP contribution is 2.36. The average Bonchev–Trinajstić information content (AvgIpc) is 3.36. The number of nitrogens with one attached hydrogen (secondary N) is 1. The maximum Gasteiger partial charge on any atom is 0.390 e. The molecule has 1 aromatic heterocycles. The van der Waals surface area contributed by atoms with Crippen molar-refractivity contribution in [2.24, 2.45) is 0 Å². The summed E-state index contributed by atoms with van der Waals surface area (Å²) in [5, 5.41) is 12.2. The molecule has 2 N–H and O–H groups in total. The normalized spacial score (nSPS) is 12.8. The maximum absolute atomic E-state index is 11.7. The smallest absolute Gasteiger partial charge is 0.390 e. The van der Waals surface area contributed by atoms with E-state index < -0.39 is 18.6 Å². The Labute approximate surface area is 209 Å². The van der Waals surface area contributed by atoms with Gasteiger partial charge >= 0.3 is 12.1 Å². The topological polar surface area (TPSA) is 70.4 Å². The molecule has 0 spiro atoms. The summed E-state index contributed by atoms with van der Waals surface area (Å²) < 4.78 is 37.1. The summed E-state index contributed by atoms with van der Waals surface area (Å²) in [5.41, 5.74) is 6.77. The van der Waals surface area contributed by atoms with Crippen LogP contribution in [0.15, 0.2) is 42.5 Å². The molecule has 0 saturated heterocycles. The van der Waals surface area contributed by atoms with E-state index in [-0.39, 0.29) is 6.54 Å². The summed E-state index contributed by atoms with van der Waals surface area (Å²) >= 11 is 0. The Kier molecular flexibility index (Phi) is 8.79. The molecule has 1 aliphatic rings. The van der Waals surface area contributed by atoms with Gasteiger partial charge in [-0.1, -0.05) is 55.0 Å². The molecule has 0 saturated carbocycles. The molecule has 0 fully saturated rings. The Morgan fingerprint density at radius 2 is 1.72 bits per heavy atom. The number of aromatic carboxylic acids is 1. The van der Waals surface area contributed by atoms with Crippen LogP contribution in [-0.4, -0.2) is 39.9 Å². The van der Waals surface area contributed by atoms with Crippen molar-refractivity contribution < 1.29 is 23.1 Å². The number of imidazole rings is 1. The molecule has 2 heterocycles. The fourth-order valence-electron chi connectivity index (χ4n) is 4.56. The largest absolute Gasteiger partial charge is 0.477 e. The van der Waals surface area contributed by atoms with Gasteiger partial charge in [-0.2, -0.15) is 13.2 Å². The molecule has 4 rings (SSSR count). The highest BCUT2D eigenvalue weighted by atomic mass is 19.4. The highest BCUT2D eigenvalue weighted by molar-refractivity contribution is 5.88. The van der Waals surface area contributed by atoms with Crippen molar-refractivity contribution in [3.63, 3.8) is 0 Å². The van der Waals surface area contributed by atoms with Crippen LogP contribution in [0.1, 0.15) is 51.8 Å². The van der Waals surface area contributed by atoms with E-state index >= 15 is 0 Å². The number of anilines is 2. The van der Waals surface area contributed by atoms with Crippen LogP contribution in [0.25, 0.3) is 0 Å². The third-order valence-electron chi connectivity index (χ3n) is 6.01. The molecule has 0 aliphatic carbocycles. The van der Waals surface area contributed by atoms with Crippen LogP contribution in [0.3, 0.4) is 0 Å². The minimum atomic E-state index is -4.07. The Bertz CT molecular complexity index is 1170. The standard InChI is InChI=1S/C17H21N3O2.C10H12F3N/c1-5-13-15(16(21)22)20-7-6-19(17(20)18-13)14-11(3)8-10(2)9-12(14)4;11-10(12,13)6-7-14-8-9-4-2-1-3-5-9/h8-9H,5-7H2,1-4H3,(H,21,22);1-5,14H,6-8H2. The van der Waals surface area contributed by atoms with Gasteiger partial charge < -0.3 is 19.9 Å². The number of carboxylic acid groups (broad SMARTS) is 1. The van der Waals surface area contributed by atoms with Crippen molar-refractivity contribution in [1.82, 2.24) is 14.9 Å². The summed E-state index contributed by atoms with van der Waals surface area (Å²) in [7, 11) is 0.